The number of carbonyl (C=O) groups is 1. The van der Waals surface area contributed by atoms with Gasteiger partial charge in [-0.3, -0.25) is 14.8 Å². The molecule has 1 aliphatic heterocycles. The Morgan fingerprint density at radius 3 is 3.08 bits per heavy atom. The molecule has 1 aliphatic rings. The lowest BCUT2D eigenvalue weighted by Crippen LogP contribution is -2.09. The second-order valence-corrected chi connectivity index (χ2v) is 5.59. The maximum absolute atomic E-state index is 12.3. The fraction of sp³-hybridized carbons (Fsp3) is 0.105. The Bertz CT molecular complexity index is 998. The van der Waals surface area contributed by atoms with E-state index in [2.05, 4.69) is 15.3 Å². The van der Waals surface area contributed by atoms with Crippen LogP contribution in [0.1, 0.15) is 11.3 Å². The summed E-state index contributed by atoms with van der Waals surface area (Å²) in [5.74, 6) is 1.08. The van der Waals surface area contributed by atoms with E-state index in [0.29, 0.717) is 22.7 Å². The molecule has 2 aromatic heterocycles. The highest BCUT2D eigenvalue weighted by atomic mass is 16.7. The third-order valence-corrected chi connectivity index (χ3v) is 3.79. The Morgan fingerprint density at radius 2 is 2.16 bits per heavy atom. The third-order valence-electron chi connectivity index (χ3n) is 3.79. The number of nitrogens with one attached hydrogen (secondary N) is 1. The van der Waals surface area contributed by atoms with Gasteiger partial charge >= 0.3 is 0 Å². The molecule has 0 atom stereocenters. The number of pyridine rings is 2. The highest BCUT2D eigenvalue weighted by Crippen LogP contribution is 2.35. The van der Waals surface area contributed by atoms with Gasteiger partial charge < -0.3 is 14.8 Å². The van der Waals surface area contributed by atoms with E-state index in [9.17, 15) is 4.79 Å². The predicted octanol–water partition coefficient (Wildman–Crippen LogP) is 3.32. The van der Waals surface area contributed by atoms with E-state index in [-0.39, 0.29) is 12.7 Å². The molecule has 0 fully saturated rings. The van der Waals surface area contributed by atoms with Crippen molar-refractivity contribution >= 4 is 28.7 Å². The van der Waals surface area contributed by atoms with Gasteiger partial charge in [0, 0.05) is 23.5 Å². The molecule has 1 N–H and O–H groups in total. The van der Waals surface area contributed by atoms with Gasteiger partial charge in [0.15, 0.2) is 11.5 Å². The number of aromatic nitrogens is 2. The number of nitrogens with zero attached hydrogens (tertiary/aromatic N) is 2. The average Bonchev–Trinajstić information content (AvgIpc) is 3.09. The van der Waals surface area contributed by atoms with E-state index in [4.69, 9.17) is 9.47 Å². The van der Waals surface area contributed by atoms with Crippen molar-refractivity contribution in [3.63, 3.8) is 0 Å². The van der Waals surface area contributed by atoms with Crippen molar-refractivity contribution in [1.29, 1.82) is 0 Å². The normalized spacial score (nSPS) is 12.7. The van der Waals surface area contributed by atoms with Crippen LogP contribution in [0.25, 0.3) is 17.1 Å². The molecule has 1 aromatic carbocycles. The monoisotopic (exact) mass is 333 g/mol. The molecular formula is C19H15N3O3. The Morgan fingerprint density at radius 1 is 1.24 bits per heavy atom. The van der Waals surface area contributed by atoms with Crippen LogP contribution in [0.2, 0.25) is 0 Å². The fourth-order valence-electron chi connectivity index (χ4n) is 2.71. The topological polar surface area (TPSA) is 73.3 Å². The minimum absolute atomic E-state index is 0.195. The van der Waals surface area contributed by atoms with Gasteiger partial charge in [0.2, 0.25) is 12.7 Å². The smallest absolute Gasteiger partial charge is 0.248 e. The fourth-order valence-corrected chi connectivity index (χ4v) is 2.71. The van der Waals surface area contributed by atoms with E-state index in [0.717, 1.165) is 16.8 Å². The quantitative estimate of drug-likeness (QED) is 0.744. The maximum atomic E-state index is 12.3. The minimum Gasteiger partial charge on any atom is -0.454 e. The van der Waals surface area contributed by atoms with E-state index < -0.39 is 0 Å². The Hall–Kier alpha value is -3.41. The van der Waals surface area contributed by atoms with Crippen LogP contribution < -0.4 is 14.8 Å². The molecule has 0 radical (unpaired) electrons. The van der Waals surface area contributed by atoms with Crippen LogP contribution in [0.15, 0.2) is 48.7 Å². The van der Waals surface area contributed by atoms with E-state index in [1.54, 1.807) is 18.3 Å². The number of rotatable bonds is 3. The van der Waals surface area contributed by atoms with Crippen molar-refractivity contribution in [2.75, 3.05) is 12.1 Å². The van der Waals surface area contributed by atoms with E-state index in [1.165, 1.54) is 6.08 Å². The summed E-state index contributed by atoms with van der Waals surface area (Å²) in [6.07, 6.45) is 4.84. The maximum Gasteiger partial charge on any atom is 0.248 e. The number of aryl methyl sites for hydroxylation is 1. The molecule has 0 unspecified atom stereocenters. The molecule has 0 saturated heterocycles. The first-order valence-electron chi connectivity index (χ1n) is 7.81. The molecule has 0 spiro atoms. The standard InChI is InChI=1S/C19H15N3O3/c1-12-10-15(18-14(21-12)5-3-9-20-18)22-17(23)8-7-13-4-2-6-16-19(13)25-11-24-16/h2-10H,11H2,1H3,(H,21,22,23)/b8-7+. The van der Waals surface area contributed by atoms with Crippen molar-refractivity contribution in [2.24, 2.45) is 0 Å². The lowest BCUT2D eigenvalue weighted by Gasteiger charge is -2.07. The van der Waals surface area contributed by atoms with Crippen molar-refractivity contribution < 1.29 is 14.3 Å². The largest absolute Gasteiger partial charge is 0.454 e. The van der Waals surface area contributed by atoms with E-state index in [1.807, 2.05) is 37.3 Å². The molecule has 6 heteroatoms. The summed E-state index contributed by atoms with van der Waals surface area (Å²) in [6.45, 7) is 2.07. The summed E-state index contributed by atoms with van der Waals surface area (Å²) in [7, 11) is 0. The second kappa shape index (κ2) is 6.24. The number of hydrogen-bond acceptors (Lipinski definition) is 5. The van der Waals surface area contributed by atoms with Crippen molar-refractivity contribution in [3.8, 4) is 11.5 Å². The molecule has 0 aliphatic carbocycles. The zero-order valence-corrected chi connectivity index (χ0v) is 13.5. The Labute approximate surface area is 144 Å². The third kappa shape index (κ3) is 3.01. The highest BCUT2D eigenvalue weighted by Gasteiger charge is 2.15. The molecule has 6 nitrogen and oxygen atoms in total. The second-order valence-electron chi connectivity index (χ2n) is 5.59. The van der Waals surface area contributed by atoms with Crippen molar-refractivity contribution in [1.82, 2.24) is 9.97 Å². The SMILES string of the molecule is Cc1cc(NC(=O)/C=C/c2cccc3c2OCO3)c2ncccc2n1. The number of ether oxygens (including phenoxy) is 2. The molecule has 25 heavy (non-hydrogen) atoms. The summed E-state index contributed by atoms with van der Waals surface area (Å²) >= 11 is 0. The molecular weight excluding hydrogens is 318 g/mol. The lowest BCUT2D eigenvalue weighted by atomic mass is 10.1. The van der Waals surface area contributed by atoms with Gasteiger partial charge in [0.1, 0.15) is 5.52 Å². The van der Waals surface area contributed by atoms with E-state index >= 15 is 0 Å². The number of hydrogen-bond donors (Lipinski definition) is 1. The van der Waals surface area contributed by atoms with Gasteiger partial charge in [-0.25, -0.2) is 0 Å². The molecule has 3 aromatic rings. The first kappa shape index (κ1) is 15.1. The van der Waals surface area contributed by atoms with Gasteiger partial charge in [-0.05, 0) is 37.3 Å². The molecule has 4 rings (SSSR count). The molecule has 0 saturated carbocycles. The van der Waals surface area contributed by atoms with Crippen LogP contribution in [0.5, 0.6) is 11.5 Å². The Kier molecular flexibility index (Phi) is 3.78. The minimum atomic E-state index is -0.255. The number of amides is 1. The van der Waals surface area contributed by atoms with Gasteiger partial charge in [0.05, 0.1) is 11.2 Å². The Balaban J connectivity index is 1.58. The van der Waals surface area contributed by atoms with Crippen LogP contribution in [0.3, 0.4) is 0 Å². The van der Waals surface area contributed by atoms with Gasteiger partial charge in [0.25, 0.3) is 0 Å². The first-order valence-corrected chi connectivity index (χ1v) is 7.81. The van der Waals surface area contributed by atoms with Crippen LogP contribution in [-0.2, 0) is 4.79 Å². The van der Waals surface area contributed by atoms with Gasteiger partial charge in [-0.1, -0.05) is 12.1 Å². The van der Waals surface area contributed by atoms with Crippen LogP contribution in [-0.4, -0.2) is 22.7 Å². The number of fused-ring (bicyclic) bond motifs is 2. The van der Waals surface area contributed by atoms with Crippen molar-refractivity contribution in [3.05, 3.63) is 59.9 Å². The number of benzene rings is 1. The average molecular weight is 333 g/mol. The number of carbonyl (C=O) groups excluding carboxylic acids is 1. The number of anilines is 1. The highest BCUT2D eigenvalue weighted by molar-refractivity contribution is 6.06. The molecule has 1 amide bonds. The summed E-state index contributed by atoms with van der Waals surface area (Å²) in [5.41, 5.74) is 3.64. The number of para-hydroxylation sites is 1. The predicted molar refractivity (Wildman–Crippen MR) is 94.5 cm³/mol. The summed E-state index contributed by atoms with van der Waals surface area (Å²) in [6, 6.07) is 11.0. The van der Waals surface area contributed by atoms with Crippen LogP contribution >= 0.6 is 0 Å². The van der Waals surface area contributed by atoms with Gasteiger partial charge in [-0.15, -0.1) is 0 Å². The van der Waals surface area contributed by atoms with Crippen LogP contribution in [0, 0.1) is 6.92 Å². The molecule has 124 valence electrons. The zero-order chi connectivity index (χ0) is 17.2. The molecule has 0 bridgehead atoms. The summed E-state index contributed by atoms with van der Waals surface area (Å²) in [4.78, 5) is 21.0. The zero-order valence-electron chi connectivity index (χ0n) is 13.5. The first-order chi connectivity index (χ1) is 12.2. The van der Waals surface area contributed by atoms with Gasteiger partial charge in [-0.2, -0.15) is 0 Å². The molecule has 3 heterocycles. The van der Waals surface area contributed by atoms with Crippen LogP contribution in [0.4, 0.5) is 5.69 Å². The summed E-state index contributed by atoms with van der Waals surface area (Å²) < 4.78 is 10.8. The van der Waals surface area contributed by atoms with Crippen molar-refractivity contribution in [2.45, 2.75) is 6.92 Å². The summed E-state index contributed by atoms with van der Waals surface area (Å²) in [5, 5.41) is 2.86. The lowest BCUT2D eigenvalue weighted by molar-refractivity contribution is -0.111.